The molecule has 0 saturated carbocycles. The normalized spacial score (nSPS) is 17.1. The molecule has 1 aromatic heterocycles. The van der Waals surface area contributed by atoms with Gasteiger partial charge in [-0.3, -0.25) is 4.79 Å². The molecule has 3 rings (SSSR count). The Bertz CT molecular complexity index is 909. The summed E-state index contributed by atoms with van der Waals surface area (Å²) in [7, 11) is -1.84. The second kappa shape index (κ2) is 6.98. The lowest BCUT2D eigenvalue weighted by molar-refractivity contribution is 0.0730. The minimum absolute atomic E-state index is 0.0982. The smallest absolute Gasteiger partial charge is 0.279 e. The largest absolute Gasteiger partial charge is 0.379 e. The molecule has 1 aromatic carbocycles. The average Bonchev–Trinajstić information content (AvgIpc) is 3.00. The van der Waals surface area contributed by atoms with Crippen LogP contribution in [0.2, 0.25) is 0 Å². The van der Waals surface area contributed by atoms with Crippen molar-refractivity contribution in [1.82, 2.24) is 8.87 Å². The molecule has 0 bridgehead atoms. The van der Waals surface area contributed by atoms with Gasteiger partial charge in [0.2, 0.25) is 10.0 Å². The molecule has 0 atom stereocenters. The maximum absolute atomic E-state index is 12.7. The van der Waals surface area contributed by atoms with E-state index in [1.165, 1.54) is 27.8 Å². The third kappa shape index (κ3) is 3.48. The predicted octanol–water partition coefficient (Wildman–Crippen LogP) is 0.849. The Hall–Kier alpha value is -1.81. The van der Waals surface area contributed by atoms with E-state index in [4.69, 9.17) is 4.74 Å². The van der Waals surface area contributed by atoms with Crippen molar-refractivity contribution < 1.29 is 17.9 Å². The fourth-order valence-corrected chi connectivity index (χ4v) is 4.49. The van der Waals surface area contributed by atoms with Crippen LogP contribution in [0.1, 0.15) is 10.4 Å². The van der Waals surface area contributed by atoms with Crippen LogP contribution in [0.15, 0.2) is 45.7 Å². The third-order valence-electron chi connectivity index (χ3n) is 3.65. The van der Waals surface area contributed by atoms with E-state index in [0.717, 1.165) is 0 Å². The van der Waals surface area contributed by atoms with Crippen LogP contribution in [0.5, 0.6) is 0 Å². The summed E-state index contributed by atoms with van der Waals surface area (Å²) in [5, 5.41) is 1.82. The SMILES string of the molecule is Cn1ccsc1=NC(=O)c1cccc(S(=O)(=O)N2CCOCC2)c1. The average molecular weight is 367 g/mol. The van der Waals surface area contributed by atoms with Gasteiger partial charge in [-0.2, -0.15) is 9.30 Å². The van der Waals surface area contributed by atoms with Gasteiger partial charge in [-0.1, -0.05) is 6.07 Å². The number of aryl methyl sites for hydroxylation is 1. The number of hydrogen-bond acceptors (Lipinski definition) is 5. The van der Waals surface area contributed by atoms with Gasteiger partial charge in [0.1, 0.15) is 0 Å². The molecule has 0 spiro atoms. The van der Waals surface area contributed by atoms with Gasteiger partial charge in [0.25, 0.3) is 5.91 Å². The number of aromatic nitrogens is 1. The van der Waals surface area contributed by atoms with E-state index in [1.807, 2.05) is 5.38 Å². The lowest BCUT2D eigenvalue weighted by Crippen LogP contribution is -2.40. The molecule has 2 heterocycles. The monoisotopic (exact) mass is 367 g/mol. The van der Waals surface area contributed by atoms with E-state index < -0.39 is 15.9 Å². The van der Waals surface area contributed by atoms with Crippen LogP contribution in [0, 0.1) is 0 Å². The standard InChI is InChI=1S/C15H17N3O4S2/c1-17-7-10-23-15(17)16-14(19)12-3-2-4-13(11-12)24(20,21)18-5-8-22-9-6-18/h2-4,7,10-11H,5-6,8-9H2,1H3. The first kappa shape index (κ1) is 17.0. The highest BCUT2D eigenvalue weighted by atomic mass is 32.2. The van der Waals surface area contributed by atoms with Gasteiger partial charge in [-0.15, -0.1) is 11.3 Å². The van der Waals surface area contributed by atoms with E-state index in [9.17, 15) is 13.2 Å². The number of benzene rings is 1. The van der Waals surface area contributed by atoms with E-state index in [1.54, 1.807) is 29.9 Å². The zero-order chi connectivity index (χ0) is 17.2. The quantitative estimate of drug-likeness (QED) is 0.805. The van der Waals surface area contributed by atoms with Crippen LogP contribution < -0.4 is 4.80 Å². The first-order valence-corrected chi connectivity index (χ1v) is 9.67. The van der Waals surface area contributed by atoms with Gasteiger partial charge in [0, 0.05) is 37.3 Å². The highest BCUT2D eigenvalue weighted by molar-refractivity contribution is 7.89. The summed E-state index contributed by atoms with van der Waals surface area (Å²) in [6.45, 7) is 1.38. The molecule has 24 heavy (non-hydrogen) atoms. The van der Waals surface area contributed by atoms with Crippen molar-refractivity contribution in [3.63, 3.8) is 0 Å². The number of carbonyl (C=O) groups is 1. The predicted molar refractivity (Wildman–Crippen MR) is 89.2 cm³/mol. The summed E-state index contributed by atoms with van der Waals surface area (Å²) < 4.78 is 33.6. The minimum atomic E-state index is -3.63. The zero-order valence-corrected chi connectivity index (χ0v) is 14.7. The summed E-state index contributed by atoms with van der Waals surface area (Å²) in [5.74, 6) is -0.466. The topological polar surface area (TPSA) is 81.0 Å². The second-order valence-corrected chi connectivity index (χ2v) is 8.07. The Morgan fingerprint density at radius 3 is 2.71 bits per heavy atom. The van der Waals surface area contributed by atoms with Gasteiger partial charge in [-0.25, -0.2) is 8.42 Å². The molecule has 1 aliphatic rings. The molecule has 0 N–H and O–H groups in total. The maximum atomic E-state index is 12.7. The van der Waals surface area contributed by atoms with Crippen molar-refractivity contribution >= 4 is 27.3 Å². The van der Waals surface area contributed by atoms with E-state index in [0.29, 0.717) is 31.1 Å². The Morgan fingerprint density at radius 2 is 2.04 bits per heavy atom. The molecule has 2 aromatic rings. The molecule has 1 aliphatic heterocycles. The highest BCUT2D eigenvalue weighted by Gasteiger charge is 2.26. The Morgan fingerprint density at radius 1 is 1.29 bits per heavy atom. The van der Waals surface area contributed by atoms with E-state index >= 15 is 0 Å². The molecule has 0 radical (unpaired) electrons. The Kier molecular flexibility index (Phi) is 4.95. The van der Waals surface area contributed by atoms with Crippen molar-refractivity contribution in [3.05, 3.63) is 46.2 Å². The molecule has 7 nitrogen and oxygen atoms in total. The number of ether oxygens (including phenoxy) is 1. The lowest BCUT2D eigenvalue weighted by Gasteiger charge is -2.26. The third-order valence-corrected chi connectivity index (χ3v) is 6.39. The fraction of sp³-hybridized carbons (Fsp3) is 0.333. The summed E-state index contributed by atoms with van der Waals surface area (Å²) in [5.41, 5.74) is 0.248. The van der Waals surface area contributed by atoms with E-state index in [2.05, 4.69) is 4.99 Å². The Labute approximate surface area is 143 Å². The Balaban J connectivity index is 1.92. The first-order valence-electron chi connectivity index (χ1n) is 7.35. The molecular formula is C15H17N3O4S2. The lowest BCUT2D eigenvalue weighted by atomic mass is 10.2. The molecule has 0 aliphatic carbocycles. The molecule has 128 valence electrons. The summed E-state index contributed by atoms with van der Waals surface area (Å²) >= 11 is 1.34. The number of rotatable bonds is 3. The van der Waals surface area contributed by atoms with Crippen LogP contribution in [-0.2, 0) is 21.8 Å². The number of sulfonamides is 1. The highest BCUT2D eigenvalue weighted by Crippen LogP contribution is 2.18. The molecular weight excluding hydrogens is 350 g/mol. The minimum Gasteiger partial charge on any atom is -0.379 e. The molecule has 1 saturated heterocycles. The van der Waals surface area contributed by atoms with Crippen molar-refractivity contribution in [1.29, 1.82) is 0 Å². The number of morpholine rings is 1. The number of nitrogens with zero attached hydrogens (tertiary/aromatic N) is 3. The van der Waals surface area contributed by atoms with E-state index in [-0.39, 0.29) is 10.5 Å². The van der Waals surface area contributed by atoms with Gasteiger partial charge in [0.15, 0.2) is 4.80 Å². The zero-order valence-electron chi connectivity index (χ0n) is 13.1. The van der Waals surface area contributed by atoms with Crippen LogP contribution >= 0.6 is 11.3 Å². The van der Waals surface area contributed by atoms with Crippen molar-refractivity contribution in [2.24, 2.45) is 12.0 Å². The van der Waals surface area contributed by atoms with Gasteiger partial charge >= 0.3 is 0 Å². The number of carbonyl (C=O) groups excluding carboxylic acids is 1. The van der Waals surface area contributed by atoms with Crippen LogP contribution in [-0.4, -0.2) is 49.5 Å². The molecule has 0 unspecified atom stereocenters. The van der Waals surface area contributed by atoms with Crippen molar-refractivity contribution in [2.75, 3.05) is 26.3 Å². The van der Waals surface area contributed by atoms with Crippen LogP contribution in [0.25, 0.3) is 0 Å². The summed E-state index contributed by atoms with van der Waals surface area (Å²) in [6.07, 6.45) is 1.80. The summed E-state index contributed by atoms with van der Waals surface area (Å²) in [4.78, 5) is 17.0. The van der Waals surface area contributed by atoms with Gasteiger partial charge in [0.05, 0.1) is 18.1 Å². The number of amides is 1. The fourth-order valence-electron chi connectivity index (χ4n) is 2.31. The number of hydrogen-bond donors (Lipinski definition) is 0. The second-order valence-electron chi connectivity index (χ2n) is 5.26. The number of thiazole rings is 1. The maximum Gasteiger partial charge on any atom is 0.279 e. The molecule has 1 fully saturated rings. The molecule has 1 amide bonds. The van der Waals surface area contributed by atoms with Gasteiger partial charge in [-0.05, 0) is 18.2 Å². The van der Waals surface area contributed by atoms with Crippen LogP contribution in [0.4, 0.5) is 0 Å². The summed E-state index contributed by atoms with van der Waals surface area (Å²) in [6, 6.07) is 6.00. The van der Waals surface area contributed by atoms with Crippen molar-refractivity contribution in [3.8, 4) is 0 Å². The van der Waals surface area contributed by atoms with Crippen molar-refractivity contribution in [2.45, 2.75) is 4.90 Å². The van der Waals surface area contributed by atoms with Crippen LogP contribution in [0.3, 0.4) is 0 Å². The molecule has 9 heteroatoms. The first-order chi connectivity index (χ1) is 11.5. The van der Waals surface area contributed by atoms with Gasteiger partial charge < -0.3 is 9.30 Å².